The predicted octanol–water partition coefficient (Wildman–Crippen LogP) is 14.2. The van der Waals surface area contributed by atoms with Crippen LogP contribution in [-0.4, -0.2) is 13.3 Å². The van der Waals surface area contributed by atoms with E-state index in [4.69, 9.17) is 0 Å². The van der Waals surface area contributed by atoms with Gasteiger partial charge in [-0.15, -0.1) is 0 Å². The maximum atomic E-state index is 14.7. The molecular formula is C52H56N2OS. The van der Waals surface area contributed by atoms with E-state index in [9.17, 15) is 4.21 Å². The van der Waals surface area contributed by atoms with Gasteiger partial charge >= 0.3 is 0 Å². The largest absolute Gasteiger partial charge is 0.309 e. The molecule has 0 amide bonds. The van der Waals surface area contributed by atoms with E-state index in [2.05, 4.69) is 189 Å². The summed E-state index contributed by atoms with van der Waals surface area (Å²) in [6, 6.07) is 44.2. The van der Waals surface area contributed by atoms with Crippen LogP contribution < -0.4 is 0 Å². The van der Waals surface area contributed by atoms with E-state index in [1.54, 1.807) is 0 Å². The first-order chi connectivity index (χ1) is 26.2. The molecule has 0 saturated carbocycles. The molecule has 6 aromatic carbocycles. The standard InChI is InChI=1S/C52H56N2OS/c1-49(2,3)33-19-23-45-41(27-33)42-28-34(50(4,5)6)20-24-46(42)53(45)37-15-13-17-39(31-37)56(55)40-18-14-16-38(32-40)54-47-25-21-35(51(7,8)9)29-43(47)44-30-36(52(10,11)12)22-26-48(44)54/h13-32H,1-12H3. The molecule has 0 radical (unpaired) electrons. The van der Waals surface area contributed by atoms with Gasteiger partial charge in [-0.05, 0) is 129 Å². The van der Waals surface area contributed by atoms with E-state index in [0.717, 1.165) is 43.2 Å². The van der Waals surface area contributed by atoms with Gasteiger partial charge in [0.15, 0.2) is 0 Å². The van der Waals surface area contributed by atoms with E-state index in [1.807, 2.05) is 24.3 Å². The smallest absolute Gasteiger partial charge is 0.0851 e. The lowest BCUT2D eigenvalue weighted by Crippen LogP contribution is -2.10. The van der Waals surface area contributed by atoms with Crippen LogP contribution in [0.2, 0.25) is 0 Å². The highest BCUT2D eigenvalue weighted by Crippen LogP contribution is 2.40. The number of hydrogen-bond acceptors (Lipinski definition) is 1. The minimum absolute atomic E-state index is 0.0273. The SMILES string of the molecule is CC(C)(C)c1ccc2c(c1)c1cc(C(C)(C)C)ccc1n2-c1cccc(S(=O)c2cccc(-n3c4ccc(C(C)(C)C)cc4c4cc(C(C)(C)C)ccc43)c2)c1. The van der Waals surface area contributed by atoms with Crippen molar-refractivity contribution in [3.63, 3.8) is 0 Å². The monoisotopic (exact) mass is 756 g/mol. The summed E-state index contributed by atoms with van der Waals surface area (Å²) >= 11 is 0. The van der Waals surface area contributed by atoms with Crippen molar-refractivity contribution in [1.29, 1.82) is 0 Å². The van der Waals surface area contributed by atoms with E-state index < -0.39 is 10.8 Å². The summed E-state index contributed by atoms with van der Waals surface area (Å²) in [5.74, 6) is 0. The molecule has 0 aliphatic rings. The Bertz CT molecular complexity index is 2520. The van der Waals surface area contributed by atoms with Crippen molar-refractivity contribution < 1.29 is 4.21 Å². The molecule has 0 bridgehead atoms. The number of rotatable bonds is 4. The molecule has 0 unspecified atom stereocenters. The summed E-state index contributed by atoms with van der Waals surface area (Å²) in [5, 5.41) is 4.97. The second kappa shape index (κ2) is 13.1. The van der Waals surface area contributed by atoms with Gasteiger partial charge in [0, 0.05) is 42.7 Å². The van der Waals surface area contributed by atoms with Crippen LogP contribution in [0.15, 0.2) is 131 Å². The zero-order valence-electron chi connectivity index (χ0n) is 35.3. The van der Waals surface area contributed by atoms with Crippen LogP contribution in [0.4, 0.5) is 0 Å². The molecule has 0 aliphatic heterocycles. The summed E-state index contributed by atoms with van der Waals surface area (Å²) in [6.07, 6.45) is 0. The van der Waals surface area contributed by atoms with Gasteiger partial charge in [-0.1, -0.05) is 119 Å². The van der Waals surface area contributed by atoms with Crippen molar-refractivity contribution >= 4 is 54.4 Å². The van der Waals surface area contributed by atoms with Crippen LogP contribution in [0, 0.1) is 0 Å². The van der Waals surface area contributed by atoms with Crippen molar-refractivity contribution in [2.45, 2.75) is 115 Å². The number of aromatic nitrogens is 2. The first-order valence-corrected chi connectivity index (χ1v) is 21.2. The highest BCUT2D eigenvalue weighted by atomic mass is 32.2. The molecule has 0 N–H and O–H groups in total. The maximum Gasteiger partial charge on any atom is 0.0851 e. The van der Waals surface area contributed by atoms with E-state index in [0.29, 0.717) is 0 Å². The average molecular weight is 757 g/mol. The molecule has 0 saturated heterocycles. The molecule has 2 aromatic heterocycles. The van der Waals surface area contributed by atoms with Gasteiger partial charge in [-0.2, -0.15) is 0 Å². The van der Waals surface area contributed by atoms with Crippen molar-refractivity contribution in [3.8, 4) is 11.4 Å². The molecule has 56 heavy (non-hydrogen) atoms. The Morgan fingerprint density at radius 3 is 0.875 bits per heavy atom. The van der Waals surface area contributed by atoms with Crippen LogP contribution in [0.3, 0.4) is 0 Å². The third kappa shape index (κ3) is 6.60. The fraction of sp³-hybridized carbons (Fsp3) is 0.308. The van der Waals surface area contributed by atoms with Gasteiger partial charge in [0.25, 0.3) is 0 Å². The zero-order chi connectivity index (χ0) is 40.1. The van der Waals surface area contributed by atoms with Crippen molar-refractivity contribution in [3.05, 3.63) is 144 Å². The third-order valence-corrected chi connectivity index (χ3v) is 12.9. The van der Waals surface area contributed by atoms with Gasteiger partial charge in [0.1, 0.15) is 0 Å². The fourth-order valence-electron chi connectivity index (χ4n) is 8.08. The van der Waals surface area contributed by atoms with Gasteiger partial charge in [0.05, 0.1) is 32.9 Å². The molecule has 0 aliphatic carbocycles. The lowest BCUT2D eigenvalue weighted by Gasteiger charge is -2.19. The second-order valence-electron chi connectivity index (χ2n) is 19.9. The predicted molar refractivity (Wildman–Crippen MR) is 241 cm³/mol. The van der Waals surface area contributed by atoms with Gasteiger partial charge < -0.3 is 9.13 Å². The maximum absolute atomic E-state index is 14.7. The normalized spacial score (nSPS) is 13.2. The number of fused-ring (bicyclic) bond motifs is 6. The average Bonchev–Trinajstić information content (AvgIpc) is 3.64. The Labute approximate surface area is 335 Å². The van der Waals surface area contributed by atoms with Crippen LogP contribution in [-0.2, 0) is 32.5 Å². The molecule has 286 valence electrons. The van der Waals surface area contributed by atoms with Gasteiger partial charge in [0.2, 0.25) is 0 Å². The van der Waals surface area contributed by atoms with E-state index in [1.165, 1.54) is 43.8 Å². The number of nitrogens with zero attached hydrogens (tertiary/aromatic N) is 2. The summed E-state index contributed by atoms with van der Waals surface area (Å²) < 4.78 is 19.3. The summed E-state index contributed by atoms with van der Waals surface area (Å²) in [5.41, 5.74) is 12.0. The van der Waals surface area contributed by atoms with E-state index >= 15 is 0 Å². The molecule has 0 atom stereocenters. The molecule has 8 aromatic rings. The molecule has 2 heterocycles. The minimum atomic E-state index is -1.41. The van der Waals surface area contributed by atoms with Crippen LogP contribution in [0.25, 0.3) is 55.0 Å². The molecule has 3 nitrogen and oxygen atoms in total. The molecule has 8 rings (SSSR count). The summed E-state index contributed by atoms with van der Waals surface area (Å²) in [6.45, 7) is 27.3. The highest BCUT2D eigenvalue weighted by Gasteiger charge is 2.23. The summed E-state index contributed by atoms with van der Waals surface area (Å²) in [4.78, 5) is 1.55. The Hall–Kier alpha value is -4.93. The molecular weight excluding hydrogens is 701 g/mol. The number of hydrogen-bond donors (Lipinski definition) is 0. The van der Waals surface area contributed by atoms with Crippen LogP contribution >= 0.6 is 0 Å². The summed E-state index contributed by atoms with van der Waals surface area (Å²) in [7, 11) is -1.41. The zero-order valence-corrected chi connectivity index (χ0v) is 36.1. The van der Waals surface area contributed by atoms with Gasteiger partial charge in [-0.25, -0.2) is 4.21 Å². The Balaban J connectivity index is 1.25. The molecule has 4 heteroatoms. The van der Waals surface area contributed by atoms with Crippen molar-refractivity contribution in [2.75, 3.05) is 0 Å². The Morgan fingerprint density at radius 2 is 0.625 bits per heavy atom. The quantitative estimate of drug-likeness (QED) is 0.176. The van der Waals surface area contributed by atoms with Crippen LogP contribution in [0.5, 0.6) is 0 Å². The highest BCUT2D eigenvalue weighted by molar-refractivity contribution is 7.85. The van der Waals surface area contributed by atoms with Crippen molar-refractivity contribution in [1.82, 2.24) is 9.13 Å². The van der Waals surface area contributed by atoms with Crippen LogP contribution in [0.1, 0.15) is 105 Å². The minimum Gasteiger partial charge on any atom is -0.309 e. The fourth-order valence-corrected chi connectivity index (χ4v) is 9.21. The molecule has 0 spiro atoms. The topological polar surface area (TPSA) is 26.9 Å². The van der Waals surface area contributed by atoms with Crippen molar-refractivity contribution in [2.24, 2.45) is 0 Å². The third-order valence-electron chi connectivity index (χ3n) is 11.6. The molecule has 0 fully saturated rings. The number of benzene rings is 6. The van der Waals surface area contributed by atoms with Gasteiger partial charge in [-0.3, -0.25) is 0 Å². The second-order valence-corrected chi connectivity index (χ2v) is 21.3. The lowest BCUT2D eigenvalue weighted by molar-refractivity contribution is 0.590. The Morgan fingerprint density at radius 1 is 0.357 bits per heavy atom. The first kappa shape index (κ1) is 38.0. The first-order valence-electron chi connectivity index (χ1n) is 20.0. The Kier molecular flexibility index (Phi) is 8.86. The van der Waals surface area contributed by atoms with E-state index in [-0.39, 0.29) is 21.7 Å². The lowest BCUT2D eigenvalue weighted by atomic mass is 9.85.